The zero-order valence-corrected chi connectivity index (χ0v) is 7.04. The number of anilines is 2. The first-order chi connectivity index (χ1) is 6.43. The molecule has 0 bridgehead atoms. The molecule has 0 amide bonds. The minimum Gasteiger partial charge on any atom is -0.351 e. The highest BCUT2D eigenvalue weighted by Gasteiger charge is 2.18. The molecule has 64 valence electrons. The third-order valence-electron chi connectivity index (χ3n) is 2.25. The molecular weight excluding hydrogens is 162 g/mol. The van der Waals surface area contributed by atoms with Crippen LogP contribution in [0.5, 0.6) is 0 Å². The van der Waals surface area contributed by atoms with Gasteiger partial charge in [-0.25, -0.2) is 0 Å². The van der Waals surface area contributed by atoms with Crippen molar-refractivity contribution in [3.63, 3.8) is 0 Å². The first kappa shape index (κ1) is 6.71. The van der Waals surface area contributed by atoms with E-state index in [-0.39, 0.29) is 0 Å². The summed E-state index contributed by atoms with van der Waals surface area (Å²) in [6, 6.07) is 8.13. The highest BCUT2D eigenvalue weighted by atomic mass is 15.1. The molecule has 0 saturated heterocycles. The molecule has 2 aliphatic heterocycles. The lowest BCUT2D eigenvalue weighted by atomic mass is 10.2. The largest absolute Gasteiger partial charge is 0.351 e. The summed E-state index contributed by atoms with van der Waals surface area (Å²) >= 11 is 0. The molecule has 2 aliphatic rings. The highest BCUT2D eigenvalue weighted by molar-refractivity contribution is 6.15. The maximum Gasteiger partial charge on any atom is 0.149 e. The Morgan fingerprint density at radius 2 is 1.85 bits per heavy atom. The van der Waals surface area contributed by atoms with Crippen molar-refractivity contribution in [3.8, 4) is 0 Å². The van der Waals surface area contributed by atoms with Crippen LogP contribution in [0, 0.1) is 0 Å². The second-order valence-corrected chi connectivity index (χ2v) is 3.10. The van der Waals surface area contributed by atoms with Gasteiger partial charge in [-0.05, 0) is 18.2 Å². The maximum absolute atomic E-state index is 4.31. The lowest BCUT2D eigenvalue weighted by Crippen LogP contribution is -2.23. The van der Waals surface area contributed by atoms with E-state index in [0.29, 0.717) is 0 Å². The topological polar surface area (TPSA) is 36.4 Å². The normalized spacial score (nSPS) is 17.5. The lowest BCUT2D eigenvalue weighted by Gasteiger charge is -2.21. The van der Waals surface area contributed by atoms with Gasteiger partial charge in [0.2, 0.25) is 0 Å². The van der Waals surface area contributed by atoms with Gasteiger partial charge < -0.3 is 10.6 Å². The fourth-order valence-corrected chi connectivity index (χ4v) is 1.60. The van der Waals surface area contributed by atoms with Crippen LogP contribution in [0.25, 0.3) is 0 Å². The molecule has 0 aromatic heterocycles. The molecule has 0 spiro atoms. The molecular formula is C10H9N3. The monoisotopic (exact) mass is 171 g/mol. The third kappa shape index (κ3) is 0.935. The van der Waals surface area contributed by atoms with E-state index in [2.05, 4.69) is 27.8 Å². The molecule has 0 atom stereocenters. The lowest BCUT2D eigenvalue weighted by molar-refractivity contribution is 1.28. The van der Waals surface area contributed by atoms with Crippen LogP contribution in [-0.2, 0) is 0 Å². The van der Waals surface area contributed by atoms with Crippen molar-refractivity contribution < 1.29 is 0 Å². The molecule has 0 aliphatic carbocycles. The fraction of sp³-hybridized carbons (Fsp3) is 0.100. The predicted molar refractivity (Wildman–Crippen MR) is 54.1 cm³/mol. The first-order valence-electron chi connectivity index (χ1n) is 4.31. The number of para-hydroxylation sites is 2. The van der Waals surface area contributed by atoms with Gasteiger partial charge in [0.15, 0.2) is 0 Å². The van der Waals surface area contributed by atoms with Crippen LogP contribution >= 0.6 is 0 Å². The minimum absolute atomic E-state index is 0.776. The molecule has 2 N–H and O–H groups in total. The summed E-state index contributed by atoms with van der Waals surface area (Å²) in [5.41, 5.74) is 3.31. The zero-order chi connectivity index (χ0) is 8.67. The van der Waals surface area contributed by atoms with E-state index in [4.69, 9.17) is 0 Å². The smallest absolute Gasteiger partial charge is 0.149 e. The van der Waals surface area contributed by atoms with Crippen molar-refractivity contribution in [2.24, 2.45) is 4.99 Å². The Labute approximate surface area is 76.2 Å². The molecule has 0 radical (unpaired) electrons. The SMILES string of the molecule is C1=C2Nc3ccccc3NC2=NC1. The number of amidine groups is 1. The van der Waals surface area contributed by atoms with E-state index < -0.39 is 0 Å². The number of fused-ring (bicyclic) bond motifs is 2. The van der Waals surface area contributed by atoms with Crippen molar-refractivity contribution in [1.82, 2.24) is 0 Å². The van der Waals surface area contributed by atoms with Crippen molar-refractivity contribution in [1.29, 1.82) is 0 Å². The van der Waals surface area contributed by atoms with Crippen molar-refractivity contribution in [2.45, 2.75) is 0 Å². The Kier molecular flexibility index (Phi) is 1.22. The fourth-order valence-electron chi connectivity index (χ4n) is 1.60. The quantitative estimate of drug-likeness (QED) is 0.624. The van der Waals surface area contributed by atoms with Gasteiger partial charge in [0.05, 0.1) is 23.6 Å². The summed E-state index contributed by atoms with van der Waals surface area (Å²) < 4.78 is 0. The molecule has 0 saturated carbocycles. The van der Waals surface area contributed by atoms with Gasteiger partial charge in [-0.1, -0.05) is 12.1 Å². The number of rotatable bonds is 0. The number of hydrogen-bond acceptors (Lipinski definition) is 3. The van der Waals surface area contributed by atoms with E-state index in [9.17, 15) is 0 Å². The van der Waals surface area contributed by atoms with Crippen LogP contribution in [0.15, 0.2) is 41.0 Å². The summed E-state index contributed by atoms with van der Waals surface area (Å²) in [5.74, 6) is 0.957. The molecule has 2 heterocycles. The van der Waals surface area contributed by atoms with Gasteiger partial charge in [0, 0.05) is 0 Å². The number of aliphatic imine (C=N–C) groups is 1. The van der Waals surface area contributed by atoms with Crippen molar-refractivity contribution >= 4 is 17.2 Å². The summed E-state index contributed by atoms with van der Waals surface area (Å²) in [6.45, 7) is 0.776. The Morgan fingerprint density at radius 1 is 1.08 bits per heavy atom. The summed E-state index contributed by atoms with van der Waals surface area (Å²) in [6.07, 6.45) is 2.08. The molecule has 0 unspecified atom stereocenters. The average molecular weight is 171 g/mol. The summed E-state index contributed by atoms with van der Waals surface area (Å²) in [7, 11) is 0. The van der Waals surface area contributed by atoms with E-state index in [1.165, 1.54) is 0 Å². The van der Waals surface area contributed by atoms with Gasteiger partial charge in [0.1, 0.15) is 5.84 Å². The zero-order valence-electron chi connectivity index (χ0n) is 7.04. The van der Waals surface area contributed by atoms with E-state index >= 15 is 0 Å². The van der Waals surface area contributed by atoms with Gasteiger partial charge in [-0.15, -0.1) is 0 Å². The second kappa shape index (κ2) is 2.36. The summed E-state index contributed by atoms with van der Waals surface area (Å²) in [5, 5.41) is 6.60. The van der Waals surface area contributed by atoms with Crippen LogP contribution in [0.2, 0.25) is 0 Å². The predicted octanol–water partition coefficient (Wildman–Crippen LogP) is 1.82. The molecule has 1 aromatic carbocycles. The molecule has 3 heteroatoms. The van der Waals surface area contributed by atoms with Crippen molar-refractivity contribution in [3.05, 3.63) is 36.0 Å². The van der Waals surface area contributed by atoms with E-state index in [1.807, 2.05) is 18.2 Å². The Morgan fingerprint density at radius 3 is 2.69 bits per heavy atom. The number of nitrogens with one attached hydrogen (secondary N) is 2. The Bertz CT molecular complexity index is 379. The van der Waals surface area contributed by atoms with Crippen LogP contribution in [0.3, 0.4) is 0 Å². The third-order valence-corrected chi connectivity index (χ3v) is 2.25. The summed E-state index contributed by atoms with van der Waals surface area (Å²) in [4.78, 5) is 4.31. The Balaban J connectivity index is 2.12. The number of nitrogens with zero attached hydrogens (tertiary/aromatic N) is 1. The molecule has 1 aromatic rings. The molecule has 3 rings (SSSR count). The first-order valence-corrected chi connectivity index (χ1v) is 4.31. The molecule has 13 heavy (non-hydrogen) atoms. The van der Waals surface area contributed by atoms with Gasteiger partial charge in [0.25, 0.3) is 0 Å². The van der Waals surface area contributed by atoms with Gasteiger partial charge >= 0.3 is 0 Å². The number of hydrogen-bond donors (Lipinski definition) is 2. The standard InChI is InChI=1S/C10H9N3/c1-2-4-8-7(3-1)12-9-5-6-11-10(9)13-8/h1-5,12H,6H2,(H,11,13). The van der Waals surface area contributed by atoms with Crippen LogP contribution < -0.4 is 10.6 Å². The van der Waals surface area contributed by atoms with Crippen LogP contribution in [0.1, 0.15) is 0 Å². The van der Waals surface area contributed by atoms with Gasteiger partial charge in [-0.3, -0.25) is 4.99 Å². The highest BCUT2D eigenvalue weighted by Crippen LogP contribution is 2.28. The van der Waals surface area contributed by atoms with Gasteiger partial charge in [-0.2, -0.15) is 0 Å². The van der Waals surface area contributed by atoms with Crippen LogP contribution in [-0.4, -0.2) is 12.4 Å². The van der Waals surface area contributed by atoms with Crippen molar-refractivity contribution in [2.75, 3.05) is 17.2 Å². The maximum atomic E-state index is 4.31. The molecule has 0 fully saturated rings. The molecule has 3 nitrogen and oxygen atoms in total. The van der Waals surface area contributed by atoms with E-state index in [1.54, 1.807) is 0 Å². The number of benzene rings is 1. The average Bonchev–Trinajstić information content (AvgIpc) is 2.61. The second-order valence-electron chi connectivity index (χ2n) is 3.10. The van der Waals surface area contributed by atoms with E-state index in [0.717, 1.165) is 29.5 Å². The minimum atomic E-state index is 0.776. The Hall–Kier alpha value is -1.77. The van der Waals surface area contributed by atoms with Crippen LogP contribution in [0.4, 0.5) is 11.4 Å².